The van der Waals surface area contributed by atoms with E-state index in [-0.39, 0.29) is 36.6 Å². The number of rotatable bonds is 11. The van der Waals surface area contributed by atoms with Crippen LogP contribution in [0, 0.1) is 6.92 Å². The average molecular weight is 473 g/mol. The van der Waals surface area contributed by atoms with E-state index in [9.17, 15) is 14.4 Å². The highest BCUT2D eigenvalue weighted by Gasteiger charge is 2.37. The van der Waals surface area contributed by atoms with Crippen LogP contribution < -0.4 is 10.6 Å². The predicted molar refractivity (Wildman–Crippen MR) is 128 cm³/mol. The van der Waals surface area contributed by atoms with Crippen molar-refractivity contribution in [3.63, 3.8) is 0 Å². The van der Waals surface area contributed by atoms with Gasteiger partial charge in [-0.2, -0.15) is 0 Å². The van der Waals surface area contributed by atoms with Crippen LogP contribution in [0.1, 0.15) is 55.7 Å². The first kappa shape index (κ1) is 24.9. The summed E-state index contributed by atoms with van der Waals surface area (Å²) in [5, 5.41) is 7.90. The van der Waals surface area contributed by atoms with E-state index < -0.39 is 6.04 Å². The normalized spacial score (nSPS) is 14.6. The molecule has 8 nitrogen and oxygen atoms in total. The second-order valence-corrected chi connectivity index (χ2v) is 9.12. The van der Waals surface area contributed by atoms with Crippen LogP contribution in [-0.4, -0.2) is 53.9 Å². The number of aromatic nitrogens is 1. The molecule has 0 spiro atoms. The third-order valence-electron chi connectivity index (χ3n) is 5.78. The van der Waals surface area contributed by atoms with Gasteiger partial charge in [-0.05, 0) is 25.3 Å². The van der Waals surface area contributed by atoms with Gasteiger partial charge in [-0.1, -0.05) is 42.7 Å². The number of hydrogen-bond acceptors (Lipinski definition) is 6. The van der Waals surface area contributed by atoms with Crippen molar-refractivity contribution >= 4 is 34.2 Å². The van der Waals surface area contributed by atoms with E-state index in [4.69, 9.17) is 4.74 Å². The molecule has 0 bridgehead atoms. The van der Waals surface area contributed by atoms with Crippen LogP contribution in [0.15, 0.2) is 35.8 Å². The van der Waals surface area contributed by atoms with Crippen molar-refractivity contribution in [1.29, 1.82) is 0 Å². The fraction of sp³-hybridized carbons (Fsp3) is 0.500. The minimum atomic E-state index is -0.750. The second kappa shape index (κ2) is 12.5. The molecule has 0 aliphatic heterocycles. The number of ether oxygens (including phenoxy) is 1. The van der Waals surface area contributed by atoms with E-state index in [0.717, 1.165) is 36.8 Å². The highest BCUT2D eigenvalue weighted by molar-refractivity contribution is 7.13. The number of hydrogen-bond donors (Lipinski definition) is 2. The van der Waals surface area contributed by atoms with Gasteiger partial charge in [0.2, 0.25) is 17.7 Å². The second-order valence-electron chi connectivity index (χ2n) is 8.22. The minimum absolute atomic E-state index is 0.0287. The molecule has 1 aliphatic carbocycles. The molecule has 1 fully saturated rings. The van der Waals surface area contributed by atoms with Crippen LogP contribution >= 0.6 is 11.3 Å². The average Bonchev–Trinajstić information content (AvgIpc) is 3.51. The number of anilines is 1. The zero-order valence-corrected chi connectivity index (χ0v) is 20.0. The summed E-state index contributed by atoms with van der Waals surface area (Å²) in [6, 6.07) is 6.92. The molecule has 3 amide bonds. The quantitative estimate of drug-likeness (QED) is 0.488. The molecule has 1 aliphatic rings. The largest absolute Gasteiger partial charge is 0.383 e. The number of nitrogens with one attached hydrogen (secondary N) is 2. The van der Waals surface area contributed by atoms with E-state index in [1.807, 2.05) is 31.2 Å². The van der Waals surface area contributed by atoms with Crippen LogP contribution in [0.25, 0.3) is 0 Å². The molecule has 1 aromatic heterocycles. The van der Waals surface area contributed by atoms with Crippen molar-refractivity contribution in [1.82, 2.24) is 15.2 Å². The van der Waals surface area contributed by atoms with Crippen molar-refractivity contribution in [3.05, 3.63) is 47.0 Å². The molecule has 33 heavy (non-hydrogen) atoms. The standard InChI is InChI=1S/C24H32N4O4S/c1-17-7-9-18(10-8-17)22(23(31)25-13-15-32-2)28(19-5-3-4-6-19)21(30)12-11-20(29)27-24-26-14-16-33-24/h7-10,14,16,19,22H,3-6,11-13,15H2,1-2H3,(H,25,31)(H,26,27,29)/t22-/m1/s1. The Kier molecular flexibility index (Phi) is 9.38. The number of methoxy groups -OCH3 is 1. The molecule has 178 valence electrons. The fourth-order valence-electron chi connectivity index (χ4n) is 4.12. The van der Waals surface area contributed by atoms with Gasteiger partial charge in [0.05, 0.1) is 6.61 Å². The number of nitrogens with zero attached hydrogens (tertiary/aromatic N) is 2. The molecular weight excluding hydrogens is 440 g/mol. The molecule has 2 N–H and O–H groups in total. The zero-order valence-electron chi connectivity index (χ0n) is 19.2. The molecule has 9 heteroatoms. The number of aryl methyl sites for hydroxylation is 1. The first-order chi connectivity index (χ1) is 16.0. The summed E-state index contributed by atoms with van der Waals surface area (Å²) in [5.41, 5.74) is 1.85. The number of carbonyl (C=O) groups is 3. The Hall–Kier alpha value is -2.78. The maximum absolute atomic E-state index is 13.5. The maximum atomic E-state index is 13.5. The first-order valence-electron chi connectivity index (χ1n) is 11.3. The SMILES string of the molecule is COCCNC(=O)[C@@H](c1ccc(C)cc1)N(C(=O)CCC(=O)Nc1nccs1)C1CCCC1. The van der Waals surface area contributed by atoms with Crippen molar-refractivity contribution in [3.8, 4) is 0 Å². The summed E-state index contributed by atoms with van der Waals surface area (Å²) in [4.78, 5) is 44.9. The van der Waals surface area contributed by atoms with Crippen molar-refractivity contribution in [2.75, 3.05) is 25.6 Å². The summed E-state index contributed by atoms with van der Waals surface area (Å²) in [6.45, 7) is 2.74. The van der Waals surface area contributed by atoms with Crippen LogP contribution in [0.5, 0.6) is 0 Å². The van der Waals surface area contributed by atoms with Crippen LogP contribution in [0.2, 0.25) is 0 Å². The summed E-state index contributed by atoms with van der Waals surface area (Å²) >= 11 is 1.33. The summed E-state index contributed by atoms with van der Waals surface area (Å²) in [7, 11) is 1.58. The van der Waals surface area contributed by atoms with Gasteiger partial charge in [0.15, 0.2) is 5.13 Å². The Morgan fingerprint density at radius 3 is 2.55 bits per heavy atom. The molecule has 0 radical (unpaired) electrons. The van der Waals surface area contributed by atoms with Crippen LogP contribution in [0.4, 0.5) is 5.13 Å². The number of benzene rings is 1. The van der Waals surface area contributed by atoms with E-state index >= 15 is 0 Å². The monoisotopic (exact) mass is 472 g/mol. The lowest BCUT2D eigenvalue weighted by molar-refractivity contribution is -0.144. The maximum Gasteiger partial charge on any atom is 0.247 e. The van der Waals surface area contributed by atoms with Gasteiger partial charge in [0.25, 0.3) is 0 Å². The summed E-state index contributed by atoms with van der Waals surface area (Å²) in [6.07, 6.45) is 5.42. The van der Waals surface area contributed by atoms with Gasteiger partial charge in [0, 0.05) is 44.1 Å². The molecule has 1 saturated carbocycles. The third kappa shape index (κ3) is 7.10. The molecule has 2 aromatic rings. The third-order valence-corrected chi connectivity index (χ3v) is 6.46. The van der Waals surface area contributed by atoms with Gasteiger partial charge >= 0.3 is 0 Å². The van der Waals surface area contributed by atoms with E-state index in [0.29, 0.717) is 18.3 Å². The lowest BCUT2D eigenvalue weighted by atomic mass is 9.99. The molecule has 3 rings (SSSR count). The molecule has 1 heterocycles. The van der Waals surface area contributed by atoms with Gasteiger partial charge in [-0.25, -0.2) is 4.98 Å². The minimum Gasteiger partial charge on any atom is -0.383 e. The van der Waals surface area contributed by atoms with E-state index in [2.05, 4.69) is 15.6 Å². The summed E-state index contributed by atoms with van der Waals surface area (Å²) < 4.78 is 5.07. The topological polar surface area (TPSA) is 101 Å². The van der Waals surface area contributed by atoms with Gasteiger partial charge in [-0.3, -0.25) is 14.4 Å². The highest BCUT2D eigenvalue weighted by Crippen LogP contribution is 2.32. The zero-order chi connectivity index (χ0) is 23.6. The smallest absolute Gasteiger partial charge is 0.247 e. The van der Waals surface area contributed by atoms with Gasteiger partial charge in [-0.15, -0.1) is 11.3 Å². The molecule has 0 unspecified atom stereocenters. The Morgan fingerprint density at radius 1 is 1.18 bits per heavy atom. The Morgan fingerprint density at radius 2 is 1.91 bits per heavy atom. The van der Waals surface area contributed by atoms with Gasteiger partial charge < -0.3 is 20.3 Å². The molecule has 1 atom stereocenters. The number of carbonyl (C=O) groups excluding carboxylic acids is 3. The van der Waals surface area contributed by atoms with Crippen LogP contribution in [-0.2, 0) is 19.1 Å². The van der Waals surface area contributed by atoms with E-state index in [1.54, 1.807) is 23.6 Å². The van der Waals surface area contributed by atoms with Gasteiger partial charge in [0.1, 0.15) is 6.04 Å². The van der Waals surface area contributed by atoms with Crippen molar-refractivity contribution < 1.29 is 19.1 Å². The summed E-state index contributed by atoms with van der Waals surface area (Å²) in [5.74, 6) is -0.687. The lowest BCUT2D eigenvalue weighted by Crippen LogP contribution is -2.48. The fourth-order valence-corrected chi connectivity index (χ4v) is 4.66. The Labute approximate surface area is 198 Å². The molecule has 0 saturated heterocycles. The Bertz CT molecular complexity index is 911. The predicted octanol–water partition coefficient (Wildman–Crippen LogP) is 3.45. The first-order valence-corrected chi connectivity index (χ1v) is 12.2. The highest BCUT2D eigenvalue weighted by atomic mass is 32.1. The Balaban J connectivity index is 1.80. The number of thiazole rings is 1. The molecule has 1 aromatic carbocycles. The van der Waals surface area contributed by atoms with Crippen molar-refractivity contribution in [2.24, 2.45) is 0 Å². The molecular formula is C24H32N4O4S. The van der Waals surface area contributed by atoms with E-state index in [1.165, 1.54) is 11.3 Å². The number of amides is 3. The lowest BCUT2D eigenvalue weighted by Gasteiger charge is -2.36. The van der Waals surface area contributed by atoms with Crippen LogP contribution in [0.3, 0.4) is 0 Å². The van der Waals surface area contributed by atoms with Crippen molar-refractivity contribution in [2.45, 2.75) is 57.5 Å².